The highest BCUT2D eigenvalue weighted by molar-refractivity contribution is 7.08. The number of H-pyrrole nitrogens is 2. The van der Waals surface area contributed by atoms with E-state index in [0.29, 0.717) is 0 Å². The van der Waals surface area contributed by atoms with Gasteiger partial charge in [0.2, 0.25) is 0 Å². The van der Waals surface area contributed by atoms with Gasteiger partial charge in [-0.1, -0.05) is 33.4 Å². The number of hydrogen-bond acceptors (Lipinski definition) is 5. The molecule has 0 spiro atoms. The molecule has 36 heavy (non-hydrogen) atoms. The molecule has 3 N–H and O–H groups in total. The van der Waals surface area contributed by atoms with Gasteiger partial charge in [-0.05, 0) is 47.3 Å². The largest absolute Gasteiger partial charge is 0.358 e. The number of allylic oxidation sites excluding steroid dienone is 1. The summed E-state index contributed by atoms with van der Waals surface area (Å²) in [6, 6.07) is 14.7. The van der Waals surface area contributed by atoms with Crippen molar-refractivity contribution in [2.45, 2.75) is 20.8 Å². The van der Waals surface area contributed by atoms with Crippen LogP contribution in [-0.4, -0.2) is 25.1 Å². The number of anilines is 1. The molecule has 0 radical (unpaired) electrons. The second-order valence-electron chi connectivity index (χ2n) is 9.96. The summed E-state index contributed by atoms with van der Waals surface area (Å²) < 4.78 is 0. The first-order valence-electron chi connectivity index (χ1n) is 11.8. The minimum Gasteiger partial charge on any atom is -0.358 e. The minimum atomic E-state index is -0.0427. The van der Waals surface area contributed by atoms with E-state index in [1.54, 1.807) is 11.3 Å². The molecule has 5 heterocycles. The lowest BCUT2D eigenvalue weighted by molar-refractivity contribution is 0.509. The third-order valence-electron chi connectivity index (χ3n) is 6.43. The molecule has 0 aliphatic carbocycles. The minimum absolute atomic E-state index is 0.0427. The van der Waals surface area contributed by atoms with Gasteiger partial charge in [0.05, 0.1) is 28.8 Å². The average Bonchev–Trinajstić information content (AvgIpc) is 3.62. The normalized spacial score (nSPS) is 11.9. The summed E-state index contributed by atoms with van der Waals surface area (Å²) in [5.74, 6) is 0. The number of rotatable bonds is 5. The van der Waals surface area contributed by atoms with Gasteiger partial charge in [0.15, 0.2) is 0 Å². The summed E-state index contributed by atoms with van der Waals surface area (Å²) in [6.45, 7) is 10.6. The average molecular weight is 491 g/mol. The van der Waals surface area contributed by atoms with E-state index in [-0.39, 0.29) is 5.41 Å². The Morgan fingerprint density at radius 1 is 0.917 bits per heavy atom. The summed E-state index contributed by atoms with van der Waals surface area (Å²) >= 11 is 1.67. The van der Waals surface area contributed by atoms with Crippen LogP contribution in [0.15, 0.2) is 84.1 Å². The van der Waals surface area contributed by atoms with E-state index >= 15 is 0 Å². The van der Waals surface area contributed by atoms with E-state index in [4.69, 9.17) is 0 Å². The molecule has 0 aliphatic rings. The van der Waals surface area contributed by atoms with Gasteiger partial charge in [0, 0.05) is 56.3 Å². The van der Waals surface area contributed by atoms with Gasteiger partial charge >= 0.3 is 0 Å². The molecule has 5 aromatic heterocycles. The summed E-state index contributed by atoms with van der Waals surface area (Å²) in [4.78, 5) is 12.7. The van der Waals surface area contributed by atoms with Crippen molar-refractivity contribution >= 4 is 38.8 Å². The summed E-state index contributed by atoms with van der Waals surface area (Å²) in [5, 5.41) is 17.6. The zero-order valence-corrected chi connectivity index (χ0v) is 21.2. The Hall–Kier alpha value is -4.23. The lowest BCUT2D eigenvalue weighted by Crippen LogP contribution is -2.15. The molecule has 0 aliphatic heterocycles. The van der Waals surface area contributed by atoms with Crippen LogP contribution in [0.3, 0.4) is 0 Å². The molecule has 0 saturated heterocycles. The molecule has 6 aromatic rings. The molecule has 7 heteroatoms. The Balaban J connectivity index is 1.40. The molecule has 178 valence electrons. The molecule has 0 unspecified atom stereocenters. The number of benzene rings is 1. The number of nitrogens with zero attached hydrogens (tertiary/aromatic N) is 3. The Morgan fingerprint density at radius 2 is 1.78 bits per heavy atom. The summed E-state index contributed by atoms with van der Waals surface area (Å²) in [6.07, 6.45) is 5.55. The molecule has 0 saturated carbocycles. The zero-order chi connectivity index (χ0) is 24.9. The van der Waals surface area contributed by atoms with Gasteiger partial charge in [-0.2, -0.15) is 16.4 Å². The van der Waals surface area contributed by atoms with Crippen LogP contribution in [0.5, 0.6) is 0 Å². The van der Waals surface area contributed by atoms with Crippen LogP contribution in [-0.2, 0) is 0 Å². The smallest absolute Gasteiger partial charge is 0.116 e. The highest BCUT2D eigenvalue weighted by Crippen LogP contribution is 2.35. The highest BCUT2D eigenvalue weighted by Gasteiger charge is 2.17. The van der Waals surface area contributed by atoms with Crippen molar-refractivity contribution in [3.63, 3.8) is 0 Å². The number of pyridine rings is 2. The van der Waals surface area contributed by atoms with Crippen molar-refractivity contribution < 1.29 is 0 Å². The second kappa shape index (κ2) is 8.46. The Kier molecular flexibility index (Phi) is 5.23. The Morgan fingerprint density at radius 3 is 2.58 bits per heavy atom. The fourth-order valence-corrected chi connectivity index (χ4v) is 4.88. The first kappa shape index (κ1) is 22.2. The van der Waals surface area contributed by atoms with E-state index in [0.717, 1.165) is 67.0 Å². The number of aromatic amines is 2. The number of aromatic nitrogens is 5. The zero-order valence-electron chi connectivity index (χ0n) is 20.4. The van der Waals surface area contributed by atoms with Crippen LogP contribution in [0.2, 0.25) is 0 Å². The maximum atomic E-state index is 4.66. The number of hydrogen-bond donors (Lipinski definition) is 3. The third kappa shape index (κ3) is 3.97. The quantitative estimate of drug-likeness (QED) is 0.230. The summed E-state index contributed by atoms with van der Waals surface area (Å²) in [5.41, 5.74) is 9.87. The molecule has 1 aromatic carbocycles. The van der Waals surface area contributed by atoms with Crippen molar-refractivity contribution in [1.29, 1.82) is 0 Å². The molecule has 0 atom stereocenters. The van der Waals surface area contributed by atoms with Crippen molar-refractivity contribution in [3.05, 3.63) is 84.1 Å². The second-order valence-corrected chi connectivity index (χ2v) is 10.7. The number of nitrogens with one attached hydrogen (secondary N) is 3. The van der Waals surface area contributed by atoms with Crippen LogP contribution in [0, 0.1) is 5.41 Å². The first-order valence-corrected chi connectivity index (χ1v) is 12.7. The number of thiophene rings is 1. The Bertz CT molecular complexity index is 1720. The van der Waals surface area contributed by atoms with Gasteiger partial charge in [0.25, 0.3) is 0 Å². The third-order valence-corrected chi connectivity index (χ3v) is 7.12. The topological polar surface area (TPSA) is 82.3 Å². The molecular formula is C29H26N6S. The SMILES string of the molecule is C=C(Nc1cncc(-c2ccc3[nH]nc(-c4cc5c(-c6ccsc6)nccc5[nH]4)c3c2)c1)C(C)(C)C. The van der Waals surface area contributed by atoms with E-state index in [1.165, 1.54) is 0 Å². The van der Waals surface area contributed by atoms with Crippen LogP contribution in [0.25, 0.3) is 55.6 Å². The van der Waals surface area contributed by atoms with Crippen LogP contribution >= 0.6 is 11.3 Å². The lowest BCUT2D eigenvalue weighted by atomic mass is 9.93. The fraction of sp³-hybridized carbons (Fsp3) is 0.138. The monoisotopic (exact) mass is 490 g/mol. The predicted molar refractivity (Wildman–Crippen MR) is 150 cm³/mol. The summed E-state index contributed by atoms with van der Waals surface area (Å²) in [7, 11) is 0. The Labute approximate surface area is 213 Å². The molecule has 6 nitrogen and oxygen atoms in total. The molecule has 0 amide bonds. The predicted octanol–water partition coefficient (Wildman–Crippen LogP) is 7.87. The molecule has 0 bridgehead atoms. The van der Waals surface area contributed by atoms with Crippen LogP contribution < -0.4 is 5.32 Å². The van der Waals surface area contributed by atoms with Gasteiger partial charge in [-0.15, -0.1) is 0 Å². The molecule has 6 rings (SSSR count). The van der Waals surface area contributed by atoms with Crippen molar-refractivity contribution in [1.82, 2.24) is 25.1 Å². The van der Waals surface area contributed by atoms with Gasteiger partial charge in [-0.3, -0.25) is 15.1 Å². The van der Waals surface area contributed by atoms with Gasteiger partial charge < -0.3 is 10.3 Å². The van der Waals surface area contributed by atoms with E-state index in [9.17, 15) is 0 Å². The number of fused-ring (bicyclic) bond motifs is 2. The lowest BCUT2D eigenvalue weighted by Gasteiger charge is -2.23. The van der Waals surface area contributed by atoms with Crippen LogP contribution in [0.1, 0.15) is 20.8 Å². The van der Waals surface area contributed by atoms with Crippen molar-refractivity contribution in [2.75, 3.05) is 5.32 Å². The van der Waals surface area contributed by atoms with E-state index in [2.05, 4.69) is 105 Å². The van der Waals surface area contributed by atoms with Gasteiger partial charge in [0.1, 0.15) is 5.69 Å². The van der Waals surface area contributed by atoms with E-state index in [1.807, 2.05) is 24.7 Å². The van der Waals surface area contributed by atoms with Crippen LogP contribution in [0.4, 0.5) is 5.69 Å². The first-order chi connectivity index (χ1) is 17.4. The maximum Gasteiger partial charge on any atom is 0.116 e. The van der Waals surface area contributed by atoms with E-state index < -0.39 is 0 Å². The highest BCUT2D eigenvalue weighted by atomic mass is 32.1. The molecule has 0 fully saturated rings. The fourth-order valence-electron chi connectivity index (χ4n) is 4.24. The van der Waals surface area contributed by atoms with Crippen molar-refractivity contribution in [2.24, 2.45) is 5.41 Å². The molecular weight excluding hydrogens is 464 g/mol. The van der Waals surface area contributed by atoms with Gasteiger partial charge in [-0.25, -0.2) is 0 Å². The standard InChI is InChI=1S/C29H26N6S/c1-17(29(2,3)4)32-21-11-20(14-30-15-21)18-5-6-25-22(12-18)28(35-34-25)26-13-23-24(33-26)7-9-31-27(23)19-8-10-36-16-19/h5-16,32-33H,1H2,2-4H3,(H,34,35). The maximum absolute atomic E-state index is 4.66. The van der Waals surface area contributed by atoms with Crippen molar-refractivity contribution in [3.8, 4) is 33.8 Å².